The number of benzene rings is 1. The second-order valence-corrected chi connectivity index (χ2v) is 8.32. The smallest absolute Gasteiger partial charge is 0.293 e. The van der Waals surface area contributed by atoms with Crippen LogP contribution in [-0.2, 0) is 21.2 Å². The molecule has 12 heteroatoms. The second kappa shape index (κ2) is 6.37. The van der Waals surface area contributed by atoms with Crippen molar-refractivity contribution in [3.8, 4) is 0 Å². The molecule has 1 N–H and O–H groups in total. The Kier molecular flexibility index (Phi) is 4.39. The number of anilines is 2. The Morgan fingerprint density at radius 3 is 2.84 bits per heavy atom. The van der Waals surface area contributed by atoms with Crippen LogP contribution in [0.2, 0.25) is 0 Å². The number of non-ortho nitro benzene ring substituents is 1. The van der Waals surface area contributed by atoms with Crippen molar-refractivity contribution >= 4 is 43.8 Å². The lowest BCUT2D eigenvalue weighted by Gasteiger charge is -2.29. The van der Waals surface area contributed by atoms with Gasteiger partial charge in [-0.3, -0.25) is 19.2 Å². The second-order valence-electron chi connectivity index (χ2n) is 5.31. The van der Waals surface area contributed by atoms with Crippen LogP contribution in [0.5, 0.6) is 0 Å². The third kappa shape index (κ3) is 3.30. The predicted octanol–water partition coefficient (Wildman–Crippen LogP) is 1.55. The average Bonchev–Trinajstić information content (AvgIpc) is 3.02. The summed E-state index contributed by atoms with van der Waals surface area (Å²) in [6.45, 7) is 1.46. The van der Waals surface area contributed by atoms with Crippen molar-refractivity contribution < 1.29 is 18.1 Å². The van der Waals surface area contributed by atoms with E-state index in [0.717, 1.165) is 15.6 Å². The van der Waals surface area contributed by atoms with Gasteiger partial charge in [0, 0.05) is 25.6 Å². The fourth-order valence-electron chi connectivity index (χ4n) is 2.50. The predicted molar refractivity (Wildman–Crippen MR) is 90.2 cm³/mol. The number of amides is 1. The van der Waals surface area contributed by atoms with Gasteiger partial charge in [0.2, 0.25) is 11.0 Å². The molecule has 0 radical (unpaired) electrons. The van der Waals surface area contributed by atoms with E-state index < -0.39 is 14.9 Å². The van der Waals surface area contributed by atoms with E-state index in [1.165, 1.54) is 19.1 Å². The highest BCUT2D eigenvalue weighted by molar-refractivity contribution is 7.94. The first-order chi connectivity index (χ1) is 11.8. The molecule has 2 heterocycles. The number of rotatable bonds is 4. The van der Waals surface area contributed by atoms with E-state index in [9.17, 15) is 23.3 Å². The summed E-state index contributed by atoms with van der Waals surface area (Å²) in [5.74, 6) is -0.390. The summed E-state index contributed by atoms with van der Waals surface area (Å²) >= 11 is 0.729. The molecule has 0 bridgehead atoms. The third-order valence-corrected chi connectivity index (χ3v) is 6.55. The molecule has 0 atom stereocenters. The quantitative estimate of drug-likeness (QED) is 0.480. The summed E-state index contributed by atoms with van der Waals surface area (Å²) in [6, 6.07) is 4.18. The van der Waals surface area contributed by atoms with Crippen LogP contribution in [0, 0.1) is 10.1 Å². The van der Waals surface area contributed by atoms with Crippen molar-refractivity contribution in [2.45, 2.75) is 24.1 Å². The molecule has 0 saturated carbocycles. The molecule has 0 fully saturated rings. The lowest BCUT2D eigenvalue weighted by atomic mass is 10.0. The summed E-state index contributed by atoms with van der Waals surface area (Å²) in [7, 11) is -4.03. The number of nitrogens with zero attached hydrogens (tertiary/aromatic N) is 4. The first-order valence-electron chi connectivity index (χ1n) is 7.20. The van der Waals surface area contributed by atoms with Crippen LogP contribution in [0.4, 0.5) is 16.5 Å². The monoisotopic (exact) mass is 383 g/mol. The molecular weight excluding hydrogens is 370 g/mol. The van der Waals surface area contributed by atoms with Crippen molar-refractivity contribution in [3.63, 3.8) is 0 Å². The molecule has 0 aliphatic carbocycles. The van der Waals surface area contributed by atoms with Crippen LogP contribution in [0.1, 0.15) is 18.9 Å². The van der Waals surface area contributed by atoms with Gasteiger partial charge in [-0.2, -0.15) is 8.42 Å². The summed E-state index contributed by atoms with van der Waals surface area (Å²) in [5.41, 5.74) is 0.806. The van der Waals surface area contributed by atoms with Crippen LogP contribution in [-0.4, -0.2) is 36.0 Å². The van der Waals surface area contributed by atoms with Gasteiger partial charge < -0.3 is 5.32 Å². The van der Waals surface area contributed by atoms with Crippen LogP contribution < -0.4 is 9.62 Å². The number of nitro groups is 1. The number of sulfonamides is 1. The Balaban J connectivity index is 2.02. The van der Waals surface area contributed by atoms with Crippen LogP contribution in [0.15, 0.2) is 22.5 Å². The van der Waals surface area contributed by atoms with E-state index in [1.54, 1.807) is 6.07 Å². The number of aryl methyl sites for hydroxylation is 1. The van der Waals surface area contributed by atoms with Gasteiger partial charge >= 0.3 is 0 Å². The number of nitrogens with one attached hydrogen (secondary N) is 1. The van der Waals surface area contributed by atoms with Gasteiger partial charge in [0.1, 0.15) is 0 Å². The first kappa shape index (κ1) is 17.2. The zero-order valence-corrected chi connectivity index (χ0v) is 14.6. The van der Waals surface area contributed by atoms with Crippen LogP contribution >= 0.6 is 11.3 Å². The number of carbonyl (C=O) groups excluding carboxylic acids is 1. The van der Waals surface area contributed by atoms with Crippen LogP contribution in [0.3, 0.4) is 0 Å². The highest BCUT2D eigenvalue weighted by Gasteiger charge is 2.33. The van der Waals surface area contributed by atoms with Crippen molar-refractivity contribution in [3.05, 3.63) is 33.9 Å². The maximum atomic E-state index is 12.9. The number of carbonyl (C=O) groups is 1. The van der Waals surface area contributed by atoms with Gasteiger partial charge in [-0.1, -0.05) is 17.4 Å². The lowest BCUT2D eigenvalue weighted by Crippen LogP contribution is -2.35. The van der Waals surface area contributed by atoms with E-state index in [2.05, 4.69) is 15.5 Å². The van der Waals surface area contributed by atoms with E-state index in [1.807, 2.05) is 0 Å². The molecular formula is C13H13N5O5S2. The molecule has 1 aromatic carbocycles. The number of hydrogen-bond donors (Lipinski definition) is 1. The van der Waals surface area contributed by atoms with Gasteiger partial charge in [0.25, 0.3) is 20.1 Å². The molecule has 1 amide bonds. The van der Waals surface area contributed by atoms with Gasteiger partial charge in [-0.05, 0) is 18.4 Å². The molecule has 132 valence electrons. The molecule has 0 unspecified atom stereocenters. The largest absolute Gasteiger partial charge is 0.301 e. The normalized spacial score (nSPS) is 14.0. The molecule has 2 aromatic rings. The topological polar surface area (TPSA) is 135 Å². The molecule has 0 saturated heterocycles. The molecule has 0 spiro atoms. The fourth-order valence-corrected chi connectivity index (χ4v) is 5.08. The van der Waals surface area contributed by atoms with Crippen molar-refractivity contribution in [2.75, 3.05) is 16.2 Å². The summed E-state index contributed by atoms with van der Waals surface area (Å²) in [4.78, 5) is 21.5. The SMILES string of the molecule is CC(=O)Nc1nnc(S(=O)(=O)N2CCCc3ccc([N+](=O)[O-])cc32)s1. The fraction of sp³-hybridized carbons (Fsp3) is 0.308. The molecule has 3 rings (SSSR count). The molecule has 1 aromatic heterocycles. The first-order valence-corrected chi connectivity index (χ1v) is 9.46. The summed E-state index contributed by atoms with van der Waals surface area (Å²) < 4.78 is 26.6. The third-order valence-electron chi connectivity index (χ3n) is 3.56. The minimum Gasteiger partial charge on any atom is -0.301 e. The Hall–Kier alpha value is -2.60. The van der Waals surface area contributed by atoms with Crippen molar-refractivity contribution in [1.29, 1.82) is 0 Å². The highest BCUT2D eigenvalue weighted by Crippen LogP contribution is 2.35. The standard InChI is InChI=1S/C13H13N5O5S2/c1-8(19)14-12-15-16-13(24-12)25(22,23)17-6-2-3-9-4-5-10(18(20)21)7-11(9)17/h4-5,7H,2-3,6H2,1H3,(H,14,15,19). The van der Waals surface area contributed by atoms with Crippen molar-refractivity contribution in [2.24, 2.45) is 0 Å². The van der Waals surface area contributed by atoms with E-state index in [4.69, 9.17) is 0 Å². The molecule has 25 heavy (non-hydrogen) atoms. The maximum absolute atomic E-state index is 12.9. The minimum atomic E-state index is -4.03. The number of fused-ring (bicyclic) bond motifs is 1. The van der Waals surface area contributed by atoms with E-state index >= 15 is 0 Å². The molecule has 1 aliphatic rings. The van der Waals surface area contributed by atoms with E-state index in [-0.39, 0.29) is 33.3 Å². The molecule has 1 aliphatic heterocycles. The Morgan fingerprint density at radius 2 is 2.16 bits per heavy atom. The summed E-state index contributed by atoms with van der Waals surface area (Å²) in [6.07, 6.45) is 1.22. The highest BCUT2D eigenvalue weighted by atomic mass is 32.2. The zero-order valence-electron chi connectivity index (χ0n) is 13.0. The van der Waals surface area contributed by atoms with Gasteiger partial charge in [0.05, 0.1) is 10.6 Å². The maximum Gasteiger partial charge on any atom is 0.293 e. The van der Waals surface area contributed by atoms with Gasteiger partial charge in [0.15, 0.2) is 0 Å². The number of hydrogen-bond acceptors (Lipinski definition) is 8. The Labute approximate surface area is 146 Å². The Morgan fingerprint density at radius 1 is 1.40 bits per heavy atom. The number of aromatic nitrogens is 2. The van der Waals surface area contributed by atoms with Crippen molar-refractivity contribution in [1.82, 2.24) is 10.2 Å². The van der Waals surface area contributed by atoms with E-state index in [0.29, 0.717) is 18.4 Å². The van der Waals surface area contributed by atoms with Gasteiger partial charge in [-0.15, -0.1) is 10.2 Å². The summed E-state index contributed by atoms with van der Waals surface area (Å²) in [5, 5.41) is 20.7. The minimum absolute atomic E-state index is 0.0716. The zero-order chi connectivity index (χ0) is 18.2. The Bertz CT molecular complexity index is 955. The molecule has 10 nitrogen and oxygen atoms in total. The lowest BCUT2D eigenvalue weighted by molar-refractivity contribution is -0.384. The number of nitro benzene ring substituents is 1. The van der Waals surface area contributed by atoms with Gasteiger partial charge in [-0.25, -0.2) is 0 Å². The average molecular weight is 383 g/mol. The van der Waals surface area contributed by atoms with Crippen LogP contribution in [0.25, 0.3) is 0 Å².